The highest BCUT2D eigenvalue weighted by molar-refractivity contribution is 6.41. The number of fused-ring (bicyclic) bond motifs is 6. The maximum Gasteiger partial charge on any atom is 0.458 e. The number of amides is 1. The van der Waals surface area contributed by atoms with Gasteiger partial charge in [-0.25, -0.2) is 4.98 Å². The van der Waals surface area contributed by atoms with E-state index in [1.807, 2.05) is 48.5 Å². The van der Waals surface area contributed by atoms with Crippen LogP contribution in [0, 0.1) is 0 Å². The highest BCUT2D eigenvalue weighted by atomic mass is 35.5. The summed E-state index contributed by atoms with van der Waals surface area (Å²) in [7, 11) is 0. The molecule has 4 aromatic rings. The Morgan fingerprint density at radius 3 is 2.20 bits per heavy atom. The second kappa shape index (κ2) is 13.7. The van der Waals surface area contributed by atoms with Crippen LogP contribution < -0.4 is 16.0 Å². The van der Waals surface area contributed by atoms with E-state index in [1.54, 1.807) is 12.4 Å². The first-order valence-electron chi connectivity index (χ1n) is 12.9. The van der Waals surface area contributed by atoms with Crippen LogP contribution in [0.15, 0.2) is 73.1 Å². The summed E-state index contributed by atoms with van der Waals surface area (Å²) in [6.45, 7) is 0. The molecule has 234 valence electrons. The van der Waals surface area contributed by atoms with Crippen LogP contribution >= 0.6 is 11.6 Å². The molecular formula is C29H21ClF6N6O3. The van der Waals surface area contributed by atoms with E-state index >= 15 is 0 Å². The zero-order valence-electron chi connectivity index (χ0n) is 22.8. The normalized spacial score (nSPS) is 12.4. The van der Waals surface area contributed by atoms with Crippen LogP contribution in [0.1, 0.15) is 16.8 Å². The van der Waals surface area contributed by atoms with E-state index in [2.05, 4.69) is 43.0 Å². The molecule has 1 amide bonds. The molecule has 0 fully saturated rings. The maximum absolute atomic E-state index is 12.7. The lowest BCUT2D eigenvalue weighted by molar-refractivity contribution is -0.193. The fourth-order valence-electron chi connectivity index (χ4n) is 3.98. The summed E-state index contributed by atoms with van der Waals surface area (Å²) < 4.78 is 67.0. The van der Waals surface area contributed by atoms with Crippen LogP contribution in [-0.2, 0) is 33.6 Å². The molecule has 5 rings (SSSR count). The third-order valence-electron chi connectivity index (χ3n) is 6.04. The number of halogens is 7. The summed E-state index contributed by atoms with van der Waals surface area (Å²) in [5.41, 5.74) is 5.41. The van der Waals surface area contributed by atoms with Gasteiger partial charge >= 0.3 is 23.9 Å². The minimum atomic E-state index is -5.77. The predicted molar refractivity (Wildman–Crippen MR) is 153 cm³/mol. The van der Waals surface area contributed by atoms with E-state index in [4.69, 9.17) is 11.6 Å². The molecule has 45 heavy (non-hydrogen) atoms. The van der Waals surface area contributed by atoms with Crippen molar-refractivity contribution in [2.24, 2.45) is 0 Å². The number of carbonyl (C=O) groups is 3. The molecule has 1 aliphatic rings. The van der Waals surface area contributed by atoms with E-state index in [9.17, 15) is 40.7 Å². The number of nitrogens with zero attached hydrogens (tertiary/aromatic N) is 3. The molecule has 0 atom stereocenters. The molecule has 3 heterocycles. The molecule has 0 saturated heterocycles. The van der Waals surface area contributed by atoms with Crippen molar-refractivity contribution in [1.29, 1.82) is 0 Å². The number of ketones is 2. The summed E-state index contributed by atoms with van der Waals surface area (Å²) in [5, 5.41) is 9.97. The number of nitrogens with one attached hydrogen (secondary N) is 3. The van der Waals surface area contributed by atoms with E-state index < -0.39 is 23.9 Å². The molecule has 0 saturated carbocycles. The number of aromatic nitrogens is 3. The van der Waals surface area contributed by atoms with Gasteiger partial charge in [0.2, 0.25) is 11.9 Å². The number of rotatable bonds is 4. The fraction of sp³-hybridized carbons (Fsp3) is 0.172. The van der Waals surface area contributed by atoms with Gasteiger partial charge in [-0.15, -0.1) is 0 Å². The number of benzene rings is 2. The largest absolute Gasteiger partial charge is 0.458 e. The number of hydrogen-bond donors (Lipinski definition) is 3. The third kappa shape index (κ3) is 9.22. The Hall–Kier alpha value is -5.05. The van der Waals surface area contributed by atoms with Crippen molar-refractivity contribution in [3.8, 4) is 0 Å². The molecule has 6 bridgehead atoms. The molecule has 2 aromatic heterocycles. The number of aryl methyl sites for hydroxylation is 2. The predicted octanol–water partition coefficient (Wildman–Crippen LogP) is 6.54. The quantitative estimate of drug-likeness (QED) is 0.168. The topological polar surface area (TPSA) is 126 Å². The van der Waals surface area contributed by atoms with Gasteiger partial charge < -0.3 is 16.0 Å². The van der Waals surface area contributed by atoms with Crippen LogP contribution in [0.5, 0.6) is 0 Å². The van der Waals surface area contributed by atoms with Crippen LogP contribution in [-0.4, -0.2) is 44.8 Å². The van der Waals surface area contributed by atoms with Gasteiger partial charge in [-0.3, -0.25) is 19.4 Å². The Morgan fingerprint density at radius 2 is 1.53 bits per heavy atom. The lowest BCUT2D eigenvalue weighted by Gasteiger charge is -2.14. The molecular weight excluding hydrogens is 630 g/mol. The van der Waals surface area contributed by atoms with Gasteiger partial charge in [0.1, 0.15) is 5.02 Å². The molecule has 9 nitrogen and oxygen atoms in total. The molecule has 0 spiro atoms. The average molecular weight is 651 g/mol. The highest BCUT2D eigenvalue weighted by Gasteiger charge is 2.54. The summed E-state index contributed by atoms with van der Waals surface area (Å²) in [5.74, 6) is -5.97. The first-order valence-corrected chi connectivity index (χ1v) is 13.3. The molecule has 0 aliphatic carbocycles. The summed E-state index contributed by atoms with van der Waals surface area (Å²) in [4.78, 5) is 44.9. The number of Topliss-reactive ketones (excluding diaryl/α,β-unsaturated/α-hetero) is 2. The summed E-state index contributed by atoms with van der Waals surface area (Å²) >= 11 is 6.33. The van der Waals surface area contributed by atoms with E-state index in [-0.39, 0.29) is 12.3 Å². The van der Waals surface area contributed by atoms with Crippen LogP contribution in [0.25, 0.3) is 0 Å². The Morgan fingerprint density at radius 1 is 0.822 bits per heavy atom. The summed E-state index contributed by atoms with van der Waals surface area (Å²) in [6.07, 6.45) is -6.52. The lowest BCUT2D eigenvalue weighted by atomic mass is 10.0. The van der Waals surface area contributed by atoms with E-state index in [0.29, 0.717) is 16.8 Å². The molecule has 0 radical (unpaired) electrons. The number of alkyl halides is 6. The molecule has 3 N–H and O–H groups in total. The Bertz CT molecular complexity index is 1690. The van der Waals surface area contributed by atoms with Crippen molar-refractivity contribution in [2.45, 2.75) is 31.6 Å². The number of anilines is 5. The second-order valence-corrected chi connectivity index (χ2v) is 9.82. The summed E-state index contributed by atoms with van der Waals surface area (Å²) in [6, 6.07) is 19.5. The van der Waals surface area contributed by atoms with Crippen LogP contribution in [0.4, 0.5) is 55.2 Å². The van der Waals surface area contributed by atoms with Gasteiger partial charge in [-0.05, 0) is 66.4 Å². The van der Waals surface area contributed by atoms with Gasteiger partial charge in [0.05, 0.1) is 12.6 Å². The number of carbonyl (C=O) groups excluding carboxylic acids is 3. The van der Waals surface area contributed by atoms with Crippen LogP contribution in [0.3, 0.4) is 0 Å². The third-order valence-corrected chi connectivity index (χ3v) is 6.32. The van der Waals surface area contributed by atoms with Crippen molar-refractivity contribution < 1.29 is 40.7 Å². The maximum atomic E-state index is 12.7. The van der Waals surface area contributed by atoms with E-state index in [1.165, 1.54) is 0 Å². The lowest BCUT2D eigenvalue weighted by Crippen LogP contribution is -2.39. The molecule has 0 unspecified atom stereocenters. The highest BCUT2D eigenvalue weighted by Crippen LogP contribution is 2.30. The molecule has 16 heteroatoms. The SMILES string of the molecule is O=C(C(=O)C(F)(F)F)C(F)(F)F.O=C(Cc1ccccn1)Nc1ccc2cc1CCc1cccc(c1)Nc1ncc(Cl)c(n1)N2. The Balaban J connectivity index is 0.000000328. The zero-order valence-corrected chi connectivity index (χ0v) is 23.5. The van der Waals surface area contributed by atoms with Gasteiger partial charge in [0, 0.05) is 29.0 Å². The van der Waals surface area contributed by atoms with Gasteiger partial charge in [-0.1, -0.05) is 29.8 Å². The van der Waals surface area contributed by atoms with Gasteiger partial charge in [-0.2, -0.15) is 31.3 Å². The Kier molecular flexibility index (Phi) is 10.0. The molecule has 1 aliphatic heterocycles. The first kappa shape index (κ1) is 32.9. The number of hydrogen-bond acceptors (Lipinski definition) is 8. The smallest absolute Gasteiger partial charge is 0.339 e. The van der Waals surface area contributed by atoms with E-state index in [0.717, 1.165) is 46.7 Å². The number of pyridine rings is 1. The van der Waals surface area contributed by atoms with Gasteiger partial charge in [0.25, 0.3) is 0 Å². The van der Waals surface area contributed by atoms with Crippen molar-refractivity contribution in [3.05, 3.63) is 94.9 Å². The van der Waals surface area contributed by atoms with Crippen molar-refractivity contribution >= 4 is 57.9 Å². The molecule has 2 aromatic carbocycles. The van der Waals surface area contributed by atoms with Crippen molar-refractivity contribution in [2.75, 3.05) is 16.0 Å². The zero-order chi connectivity index (χ0) is 32.8. The van der Waals surface area contributed by atoms with Gasteiger partial charge in [0.15, 0.2) is 5.82 Å². The standard InChI is InChI=1S/C25H21ClN6O.C4F6O2/c26-21-15-28-25-30-19-6-3-4-16(12-19)7-8-17-13-20(29-24(21)32-25)9-10-22(17)31-23(33)14-18-5-1-2-11-27-18;5-3(6,7)1(11)2(12)4(8,9)10/h1-6,9-13,15H,7-8,14H2,(H,31,33)(H2,28,29,30,32);. The van der Waals surface area contributed by atoms with Crippen LogP contribution in [0.2, 0.25) is 5.02 Å². The minimum absolute atomic E-state index is 0.108. The fourth-order valence-corrected chi connectivity index (χ4v) is 4.12. The average Bonchev–Trinajstić information content (AvgIpc) is 2.98. The Labute approximate surface area is 256 Å². The second-order valence-electron chi connectivity index (χ2n) is 9.41. The van der Waals surface area contributed by atoms with Crippen molar-refractivity contribution in [3.63, 3.8) is 0 Å². The van der Waals surface area contributed by atoms with Crippen molar-refractivity contribution in [1.82, 2.24) is 15.0 Å². The monoisotopic (exact) mass is 650 g/mol. The first-order chi connectivity index (χ1) is 21.2. The minimum Gasteiger partial charge on any atom is -0.339 e.